The fourth-order valence-corrected chi connectivity index (χ4v) is 2.84. The maximum absolute atomic E-state index is 11.6. The third kappa shape index (κ3) is 2.53. The average Bonchev–Trinajstić information content (AvgIpc) is 2.79. The largest absolute Gasteiger partial charge is 0.373 e. The summed E-state index contributed by atoms with van der Waals surface area (Å²) in [4.78, 5) is 24.8. The Bertz CT molecular complexity index is 520. The van der Waals surface area contributed by atoms with Gasteiger partial charge in [0.05, 0.1) is 12.6 Å². The summed E-state index contributed by atoms with van der Waals surface area (Å²) in [5.41, 5.74) is 0.968. The van der Waals surface area contributed by atoms with E-state index in [1.165, 1.54) is 0 Å². The van der Waals surface area contributed by atoms with E-state index in [-0.39, 0.29) is 12.1 Å². The highest BCUT2D eigenvalue weighted by atomic mass is 16.2. The van der Waals surface area contributed by atoms with Crippen molar-refractivity contribution >= 4 is 11.8 Å². The quantitative estimate of drug-likeness (QED) is 0.815. The standard InChI is InChI=1S/C13H20N6O/c1-9-5-11(14-2)17-12(16-9)8-18-3-4-19-10(7-18)6-15-13(19)20/h5,10H,3-4,6-8H2,1-2H3,(H,15,20)(H,14,16,17). The predicted octanol–water partition coefficient (Wildman–Crippen LogP) is 0.0361. The lowest BCUT2D eigenvalue weighted by molar-refractivity contribution is 0.115. The van der Waals surface area contributed by atoms with E-state index in [2.05, 4.69) is 25.5 Å². The second-order valence-electron chi connectivity index (χ2n) is 5.33. The number of nitrogens with one attached hydrogen (secondary N) is 2. The van der Waals surface area contributed by atoms with Gasteiger partial charge in [-0.2, -0.15) is 0 Å². The topological polar surface area (TPSA) is 73.4 Å². The number of carbonyl (C=O) groups is 1. The molecule has 0 aromatic carbocycles. The van der Waals surface area contributed by atoms with E-state index in [0.29, 0.717) is 0 Å². The van der Waals surface area contributed by atoms with Crippen LogP contribution in [0.15, 0.2) is 6.07 Å². The Morgan fingerprint density at radius 1 is 1.45 bits per heavy atom. The lowest BCUT2D eigenvalue weighted by Crippen LogP contribution is -2.51. The molecule has 0 spiro atoms. The van der Waals surface area contributed by atoms with Gasteiger partial charge >= 0.3 is 6.03 Å². The molecule has 0 radical (unpaired) electrons. The van der Waals surface area contributed by atoms with E-state index in [1.807, 2.05) is 24.9 Å². The molecule has 1 aromatic heterocycles. The van der Waals surface area contributed by atoms with E-state index in [9.17, 15) is 4.79 Å². The molecule has 3 heterocycles. The molecule has 1 atom stereocenters. The van der Waals surface area contributed by atoms with Crippen molar-refractivity contribution in [2.24, 2.45) is 0 Å². The number of piperazine rings is 1. The predicted molar refractivity (Wildman–Crippen MR) is 75.5 cm³/mol. The number of fused-ring (bicyclic) bond motifs is 1. The molecule has 7 nitrogen and oxygen atoms in total. The molecule has 0 saturated carbocycles. The lowest BCUT2D eigenvalue weighted by atomic mass is 10.2. The smallest absolute Gasteiger partial charge is 0.317 e. The number of urea groups is 1. The summed E-state index contributed by atoms with van der Waals surface area (Å²) in [6.07, 6.45) is 0. The van der Waals surface area contributed by atoms with Crippen molar-refractivity contribution in [3.05, 3.63) is 17.6 Å². The Labute approximate surface area is 118 Å². The second-order valence-corrected chi connectivity index (χ2v) is 5.33. The van der Waals surface area contributed by atoms with Gasteiger partial charge in [0.25, 0.3) is 0 Å². The number of aromatic nitrogens is 2. The number of aryl methyl sites for hydroxylation is 1. The summed E-state index contributed by atoms with van der Waals surface area (Å²) in [7, 11) is 1.86. The molecule has 0 bridgehead atoms. The zero-order chi connectivity index (χ0) is 14.1. The maximum Gasteiger partial charge on any atom is 0.317 e. The number of anilines is 1. The zero-order valence-corrected chi connectivity index (χ0v) is 11.9. The molecule has 7 heteroatoms. The minimum atomic E-state index is 0.0684. The molecular formula is C13H20N6O. The normalized spacial score (nSPS) is 22.6. The Balaban J connectivity index is 1.67. The first-order valence-electron chi connectivity index (χ1n) is 6.95. The first kappa shape index (κ1) is 13.1. The number of rotatable bonds is 3. The van der Waals surface area contributed by atoms with Crippen LogP contribution < -0.4 is 10.6 Å². The maximum atomic E-state index is 11.6. The summed E-state index contributed by atoms with van der Waals surface area (Å²) in [6, 6.07) is 2.28. The van der Waals surface area contributed by atoms with Crippen molar-refractivity contribution in [2.75, 3.05) is 38.5 Å². The van der Waals surface area contributed by atoms with Gasteiger partial charge in [-0.3, -0.25) is 4.90 Å². The third-order valence-electron chi connectivity index (χ3n) is 3.84. The van der Waals surface area contributed by atoms with Gasteiger partial charge in [-0.25, -0.2) is 14.8 Å². The first-order chi connectivity index (χ1) is 9.65. The van der Waals surface area contributed by atoms with Crippen molar-refractivity contribution in [1.82, 2.24) is 25.1 Å². The third-order valence-corrected chi connectivity index (χ3v) is 3.84. The van der Waals surface area contributed by atoms with Crippen LogP contribution in [0.1, 0.15) is 11.5 Å². The Morgan fingerprint density at radius 2 is 2.30 bits per heavy atom. The van der Waals surface area contributed by atoms with Gasteiger partial charge in [-0.1, -0.05) is 0 Å². The Kier molecular flexibility index (Phi) is 3.43. The summed E-state index contributed by atoms with van der Waals surface area (Å²) in [6.45, 7) is 5.98. The molecule has 2 aliphatic rings. The zero-order valence-electron chi connectivity index (χ0n) is 11.9. The molecule has 2 fully saturated rings. The fourth-order valence-electron chi connectivity index (χ4n) is 2.84. The van der Waals surface area contributed by atoms with E-state index in [4.69, 9.17) is 0 Å². The highest BCUT2D eigenvalue weighted by molar-refractivity contribution is 5.77. The van der Waals surface area contributed by atoms with Crippen LogP contribution >= 0.6 is 0 Å². The molecule has 0 aliphatic carbocycles. The molecule has 3 rings (SSSR count). The Morgan fingerprint density at radius 3 is 3.10 bits per heavy atom. The number of carbonyl (C=O) groups excluding carboxylic acids is 1. The molecule has 108 valence electrons. The molecule has 2 saturated heterocycles. The highest BCUT2D eigenvalue weighted by Gasteiger charge is 2.35. The van der Waals surface area contributed by atoms with Crippen molar-refractivity contribution < 1.29 is 4.79 Å². The molecule has 20 heavy (non-hydrogen) atoms. The molecule has 1 aromatic rings. The van der Waals surface area contributed by atoms with E-state index in [0.717, 1.165) is 50.1 Å². The fraction of sp³-hybridized carbons (Fsp3) is 0.615. The van der Waals surface area contributed by atoms with Crippen molar-refractivity contribution in [1.29, 1.82) is 0 Å². The molecule has 2 aliphatic heterocycles. The number of hydrogen-bond donors (Lipinski definition) is 2. The van der Waals surface area contributed by atoms with Crippen molar-refractivity contribution in [3.63, 3.8) is 0 Å². The summed E-state index contributed by atoms with van der Waals surface area (Å²) in [5, 5.41) is 5.95. The lowest BCUT2D eigenvalue weighted by Gasteiger charge is -2.36. The van der Waals surface area contributed by atoms with Crippen LogP contribution in [0, 0.1) is 6.92 Å². The van der Waals surface area contributed by atoms with Crippen molar-refractivity contribution in [3.8, 4) is 0 Å². The van der Waals surface area contributed by atoms with Crippen LogP contribution in [0.5, 0.6) is 0 Å². The minimum absolute atomic E-state index is 0.0684. The van der Waals surface area contributed by atoms with Gasteiger partial charge in [0.15, 0.2) is 0 Å². The SMILES string of the molecule is CNc1cc(C)nc(CN2CCN3C(=O)NCC3C2)n1. The van der Waals surface area contributed by atoms with E-state index >= 15 is 0 Å². The monoisotopic (exact) mass is 276 g/mol. The van der Waals surface area contributed by atoms with Crippen LogP contribution in [-0.4, -0.2) is 65.1 Å². The molecular weight excluding hydrogens is 256 g/mol. The molecule has 2 N–H and O–H groups in total. The van der Waals surface area contributed by atoms with Crippen LogP contribution in [0.2, 0.25) is 0 Å². The summed E-state index contributed by atoms with van der Waals surface area (Å²) >= 11 is 0. The Hall–Kier alpha value is -1.89. The first-order valence-corrected chi connectivity index (χ1v) is 6.95. The summed E-state index contributed by atoms with van der Waals surface area (Å²) in [5.74, 6) is 1.68. The number of hydrogen-bond acceptors (Lipinski definition) is 5. The van der Waals surface area contributed by atoms with Gasteiger partial charge in [0, 0.05) is 45.0 Å². The van der Waals surface area contributed by atoms with Crippen molar-refractivity contribution in [2.45, 2.75) is 19.5 Å². The molecule has 1 unspecified atom stereocenters. The van der Waals surface area contributed by atoms with Crippen LogP contribution in [-0.2, 0) is 6.54 Å². The average molecular weight is 276 g/mol. The number of amides is 2. The second kappa shape index (κ2) is 5.24. The van der Waals surface area contributed by atoms with Crippen LogP contribution in [0.3, 0.4) is 0 Å². The minimum Gasteiger partial charge on any atom is -0.373 e. The van der Waals surface area contributed by atoms with Gasteiger partial charge in [-0.15, -0.1) is 0 Å². The van der Waals surface area contributed by atoms with E-state index in [1.54, 1.807) is 0 Å². The van der Waals surface area contributed by atoms with Gasteiger partial charge < -0.3 is 15.5 Å². The van der Waals surface area contributed by atoms with Crippen LogP contribution in [0.4, 0.5) is 10.6 Å². The van der Waals surface area contributed by atoms with Crippen LogP contribution in [0.25, 0.3) is 0 Å². The van der Waals surface area contributed by atoms with Gasteiger partial charge in [-0.05, 0) is 6.92 Å². The molecule has 2 amide bonds. The summed E-state index contributed by atoms with van der Waals surface area (Å²) < 4.78 is 0. The van der Waals surface area contributed by atoms with E-state index < -0.39 is 0 Å². The number of nitrogens with zero attached hydrogens (tertiary/aromatic N) is 4. The van der Waals surface area contributed by atoms with Gasteiger partial charge in [0.2, 0.25) is 0 Å². The van der Waals surface area contributed by atoms with Gasteiger partial charge in [0.1, 0.15) is 11.6 Å². The highest BCUT2D eigenvalue weighted by Crippen LogP contribution is 2.16.